The molecular formula is C16H21N3O. The molecule has 1 aliphatic heterocycles. The van der Waals surface area contributed by atoms with Crippen molar-refractivity contribution in [1.29, 1.82) is 0 Å². The first kappa shape index (κ1) is 12.2. The van der Waals surface area contributed by atoms with Crippen molar-refractivity contribution in [3.05, 3.63) is 24.3 Å². The van der Waals surface area contributed by atoms with E-state index >= 15 is 0 Å². The summed E-state index contributed by atoms with van der Waals surface area (Å²) in [5.74, 6) is 1.94. The van der Waals surface area contributed by atoms with Gasteiger partial charge in [-0.15, -0.1) is 0 Å². The molecule has 20 heavy (non-hydrogen) atoms. The van der Waals surface area contributed by atoms with Gasteiger partial charge in [-0.3, -0.25) is 0 Å². The maximum absolute atomic E-state index is 9.68. The van der Waals surface area contributed by atoms with E-state index in [-0.39, 0.29) is 6.10 Å². The number of nitrogens with zero attached hydrogens (tertiary/aromatic N) is 3. The van der Waals surface area contributed by atoms with E-state index in [1.54, 1.807) is 0 Å². The Hall–Kier alpha value is -1.55. The van der Waals surface area contributed by atoms with Crippen LogP contribution in [0.15, 0.2) is 24.3 Å². The second-order valence-electron chi connectivity index (χ2n) is 6.17. The molecule has 4 nitrogen and oxygen atoms in total. The van der Waals surface area contributed by atoms with Gasteiger partial charge in [0.2, 0.25) is 5.95 Å². The van der Waals surface area contributed by atoms with Crippen LogP contribution in [0.2, 0.25) is 0 Å². The second kappa shape index (κ2) is 4.77. The molecule has 0 amide bonds. The van der Waals surface area contributed by atoms with E-state index in [9.17, 15) is 5.11 Å². The highest BCUT2D eigenvalue weighted by atomic mass is 16.3. The monoisotopic (exact) mass is 271 g/mol. The highest BCUT2D eigenvalue weighted by Gasteiger charge is 2.27. The van der Waals surface area contributed by atoms with Crippen LogP contribution in [0.5, 0.6) is 0 Å². The van der Waals surface area contributed by atoms with Crippen LogP contribution < -0.4 is 4.90 Å². The largest absolute Gasteiger partial charge is 0.393 e. The first-order chi connectivity index (χ1) is 9.81. The zero-order valence-electron chi connectivity index (χ0n) is 11.7. The van der Waals surface area contributed by atoms with E-state index in [1.165, 1.54) is 18.4 Å². The molecule has 1 aromatic heterocycles. The molecule has 1 N–H and O–H groups in total. The van der Waals surface area contributed by atoms with Gasteiger partial charge in [-0.05, 0) is 43.7 Å². The van der Waals surface area contributed by atoms with Gasteiger partial charge in [0.25, 0.3) is 0 Å². The van der Waals surface area contributed by atoms with Gasteiger partial charge in [0.1, 0.15) is 0 Å². The fourth-order valence-corrected chi connectivity index (χ4v) is 3.11. The molecule has 1 saturated carbocycles. The molecule has 106 valence electrons. The number of anilines is 1. The number of fused-ring (bicyclic) bond motifs is 1. The summed E-state index contributed by atoms with van der Waals surface area (Å²) in [4.78, 5) is 7.19. The third-order valence-electron chi connectivity index (χ3n) is 4.52. The molecule has 1 aromatic carbocycles. The summed E-state index contributed by atoms with van der Waals surface area (Å²) in [6.45, 7) is 2.92. The Morgan fingerprint density at radius 2 is 1.85 bits per heavy atom. The van der Waals surface area contributed by atoms with Gasteiger partial charge < -0.3 is 14.6 Å². The number of imidazole rings is 1. The first-order valence-corrected chi connectivity index (χ1v) is 7.69. The fourth-order valence-electron chi connectivity index (χ4n) is 3.11. The molecule has 0 bridgehead atoms. The van der Waals surface area contributed by atoms with Gasteiger partial charge in [0.05, 0.1) is 17.1 Å². The number of rotatable bonds is 3. The van der Waals surface area contributed by atoms with E-state index in [0.717, 1.165) is 49.9 Å². The molecule has 1 aliphatic carbocycles. The molecule has 2 heterocycles. The van der Waals surface area contributed by atoms with Gasteiger partial charge in [0.15, 0.2) is 0 Å². The average molecular weight is 271 g/mol. The average Bonchev–Trinajstić information content (AvgIpc) is 3.21. The third kappa shape index (κ3) is 2.18. The minimum absolute atomic E-state index is 0.132. The van der Waals surface area contributed by atoms with Gasteiger partial charge in [-0.1, -0.05) is 12.1 Å². The first-order valence-electron chi connectivity index (χ1n) is 7.69. The maximum Gasteiger partial charge on any atom is 0.206 e. The predicted molar refractivity (Wildman–Crippen MR) is 79.9 cm³/mol. The number of para-hydroxylation sites is 2. The molecular weight excluding hydrogens is 250 g/mol. The minimum atomic E-state index is -0.132. The third-order valence-corrected chi connectivity index (χ3v) is 4.52. The van der Waals surface area contributed by atoms with Crippen LogP contribution >= 0.6 is 0 Å². The zero-order chi connectivity index (χ0) is 13.5. The number of hydrogen-bond donors (Lipinski definition) is 1. The quantitative estimate of drug-likeness (QED) is 0.932. The summed E-state index contributed by atoms with van der Waals surface area (Å²) in [6, 6.07) is 8.42. The van der Waals surface area contributed by atoms with Crippen LogP contribution in [0.25, 0.3) is 11.0 Å². The molecule has 0 radical (unpaired) electrons. The SMILES string of the molecule is OC1CCN(c2nc3ccccc3n2CC2CC2)CC1. The molecule has 0 atom stereocenters. The number of benzene rings is 1. The van der Waals surface area contributed by atoms with Crippen molar-refractivity contribution in [3.63, 3.8) is 0 Å². The Labute approximate surface area is 119 Å². The van der Waals surface area contributed by atoms with Crippen molar-refractivity contribution in [3.8, 4) is 0 Å². The molecule has 2 aliphatic rings. The normalized spacial score (nSPS) is 20.8. The molecule has 0 spiro atoms. The van der Waals surface area contributed by atoms with Crippen molar-refractivity contribution < 1.29 is 5.11 Å². The summed E-state index contributed by atoms with van der Waals surface area (Å²) in [6.07, 6.45) is 4.28. The van der Waals surface area contributed by atoms with Crippen LogP contribution in [-0.2, 0) is 6.54 Å². The van der Waals surface area contributed by atoms with Crippen LogP contribution in [0.1, 0.15) is 25.7 Å². The lowest BCUT2D eigenvalue weighted by molar-refractivity contribution is 0.145. The van der Waals surface area contributed by atoms with Gasteiger partial charge in [-0.2, -0.15) is 0 Å². The highest BCUT2D eigenvalue weighted by molar-refractivity contribution is 5.78. The molecule has 0 unspecified atom stereocenters. The Balaban J connectivity index is 1.72. The highest BCUT2D eigenvalue weighted by Crippen LogP contribution is 2.34. The van der Waals surface area contributed by atoms with Crippen molar-refractivity contribution >= 4 is 17.0 Å². The maximum atomic E-state index is 9.68. The molecule has 1 saturated heterocycles. The van der Waals surface area contributed by atoms with Crippen LogP contribution in [0, 0.1) is 5.92 Å². The molecule has 2 aromatic rings. The van der Waals surface area contributed by atoms with E-state index in [4.69, 9.17) is 4.98 Å². The minimum Gasteiger partial charge on any atom is -0.393 e. The number of piperidine rings is 1. The topological polar surface area (TPSA) is 41.3 Å². The summed E-state index contributed by atoms with van der Waals surface area (Å²) in [7, 11) is 0. The second-order valence-corrected chi connectivity index (χ2v) is 6.17. The van der Waals surface area contributed by atoms with E-state index in [0.29, 0.717) is 0 Å². The fraction of sp³-hybridized carbons (Fsp3) is 0.562. The van der Waals surface area contributed by atoms with Crippen molar-refractivity contribution in [2.45, 2.75) is 38.3 Å². The summed E-state index contributed by atoms with van der Waals surface area (Å²) >= 11 is 0. The standard InChI is InChI=1S/C16H21N3O/c20-13-7-9-18(10-8-13)16-17-14-3-1-2-4-15(14)19(16)11-12-5-6-12/h1-4,12-13,20H,5-11H2. The lowest BCUT2D eigenvalue weighted by atomic mass is 10.1. The Morgan fingerprint density at radius 1 is 1.10 bits per heavy atom. The van der Waals surface area contributed by atoms with E-state index in [1.807, 2.05) is 0 Å². The number of aliphatic hydroxyl groups excluding tert-OH is 1. The summed E-state index contributed by atoms with van der Waals surface area (Å²) in [5.41, 5.74) is 2.34. The zero-order valence-corrected chi connectivity index (χ0v) is 11.7. The Kier molecular flexibility index (Phi) is 2.91. The lowest BCUT2D eigenvalue weighted by Crippen LogP contribution is -2.37. The van der Waals surface area contributed by atoms with Crippen LogP contribution in [0.4, 0.5) is 5.95 Å². The predicted octanol–water partition coefficient (Wildman–Crippen LogP) is 2.41. The van der Waals surface area contributed by atoms with Crippen molar-refractivity contribution in [1.82, 2.24) is 9.55 Å². The van der Waals surface area contributed by atoms with E-state index in [2.05, 4.69) is 33.7 Å². The smallest absolute Gasteiger partial charge is 0.206 e. The molecule has 2 fully saturated rings. The molecule has 4 heteroatoms. The van der Waals surface area contributed by atoms with Crippen molar-refractivity contribution in [2.24, 2.45) is 5.92 Å². The Morgan fingerprint density at radius 3 is 2.60 bits per heavy atom. The summed E-state index contributed by atoms with van der Waals surface area (Å²) in [5, 5.41) is 9.68. The summed E-state index contributed by atoms with van der Waals surface area (Å²) < 4.78 is 2.39. The number of aliphatic hydroxyl groups is 1. The Bertz CT molecular complexity index is 609. The number of hydrogen-bond acceptors (Lipinski definition) is 3. The number of aromatic nitrogens is 2. The van der Waals surface area contributed by atoms with Crippen molar-refractivity contribution in [2.75, 3.05) is 18.0 Å². The lowest BCUT2D eigenvalue weighted by Gasteiger charge is -2.30. The van der Waals surface area contributed by atoms with Gasteiger partial charge in [0, 0.05) is 19.6 Å². The van der Waals surface area contributed by atoms with Crippen LogP contribution in [0.3, 0.4) is 0 Å². The van der Waals surface area contributed by atoms with E-state index < -0.39 is 0 Å². The van der Waals surface area contributed by atoms with Gasteiger partial charge >= 0.3 is 0 Å². The molecule has 4 rings (SSSR count). The van der Waals surface area contributed by atoms with Crippen LogP contribution in [-0.4, -0.2) is 33.9 Å². The van der Waals surface area contributed by atoms with Gasteiger partial charge in [-0.25, -0.2) is 4.98 Å².